The van der Waals surface area contributed by atoms with Crippen LogP contribution in [0.3, 0.4) is 0 Å². The van der Waals surface area contributed by atoms with Gasteiger partial charge >= 0.3 is 0 Å². The molecule has 2 aromatic carbocycles. The first kappa shape index (κ1) is 15.5. The van der Waals surface area contributed by atoms with Crippen LogP contribution in [-0.2, 0) is 5.75 Å². The van der Waals surface area contributed by atoms with Gasteiger partial charge < -0.3 is 5.73 Å². The highest BCUT2D eigenvalue weighted by atomic mass is 79.9. The molecule has 0 aliphatic rings. The SMILES string of the molecule is CC(N)c1ccc(SCc2c(F)ccc(Br)c2F)cc1. The van der Waals surface area contributed by atoms with Gasteiger partial charge in [-0.05, 0) is 52.7 Å². The van der Waals surface area contributed by atoms with Crippen LogP contribution in [0, 0.1) is 11.6 Å². The molecule has 0 aromatic heterocycles. The van der Waals surface area contributed by atoms with Gasteiger partial charge in [0.05, 0.1) is 4.47 Å². The van der Waals surface area contributed by atoms with Crippen molar-refractivity contribution in [3.63, 3.8) is 0 Å². The summed E-state index contributed by atoms with van der Waals surface area (Å²) in [7, 11) is 0. The van der Waals surface area contributed by atoms with Crippen molar-refractivity contribution in [1.82, 2.24) is 0 Å². The van der Waals surface area contributed by atoms with Gasteiger partial charge in [0.15, 0.2) is 0 Å². The van der Waals surface area contributed by atoms with Gasteiger partial charge in [-0.2, -0.15) is 0 Å². The molecule has 0 saturated carbocycles. The number of hydrogen-bond donors (Lipinski definition) is 1. The van der Waals surface area contributed by atoms with Gasteiger partial charge in [-0.25, -0.2) is 8.78 Å². The lowest BCUT2D eigenvalue weighted by Crippen LogP contribution is -2.04. The van der Waals surface area contributed by atoms with Crippen LogP contribution in [0.5, 0.6) is 0 Å². The zero-order chi connectivity index (χ0) is 14.7. The van der Waals surface area contributed by atoms with E-state index in [-0.39, 0.29) is 21.8 Å². The van der Waals surface area contributed by atoms with Crippen molar-refractivity contribution in [3.8, 4) is 0 Å². The van der Waals surface area contributed by atoms with Gasteiger partial charge in [-0.15, -0.1) is 11.8 Å². The normalized spacial score (nSPS) is 12.4. The van der Waals surface area contributed by atoms with E-state index in [2.05, 4.69) is 15.9 Å². The Balaban J connectivity index is 2.11. The standard InChI is InChI=1S/C15H14BrF2NS/c1-9(19)10-2-4-11(5-3-10)20-8-12-14(17)7-6-13(16)15(12)18/h2-7,9H,8,19H2,1H3. The third kappa shape index (κ3) is 3.59. The smallest absolute Gasteiger partial charge is 0.144 e. The highest BCUT2D eigenvalue weighted by molar-refractivity contribution is 9.10. The molecule has 0 heterocycles. The summed E-state index contributed by atoms with van der Waals surface area (Å²) in [5, 5.41) is 0. The van der Waals surface area contributed by atoms with Crippen molar-refractivity contribution in [2.24, 2.45) is 5.73 Å². The van der Waals surface area contributed by atoms with Crippen molar-refractivity contribution < 1.29 is 8.78 Å². The quantitative estimate of drug-likeness (QED) is 0.612. The third-order valence-electron chi connectivity index (χ3n) is 2.93. The Labute approximate surface area is 129 Å². The van der Waals surface area contributed by atoms with Crippen molar-refractivity contribution >= 4 is 27.7 Å². The van der Waals surface area contributed by atoms with Gasteiger partial charge in [-0.1, -0.05) is 12.1 Å². The van der Waals surface area contributed by atoms with Crippen LogP contribution in [-0.4, -0.2) is 0 Å². The first-order valence-corrected chi connectivity index (χ1v) is 7.87. The molecule has 0 bridgehead atoms. The molecule has 2 aromatic rings. The second-order valence-electron chi connectivity index (χ2n) is 4.47. The topological polar surface area (TPSA) is 26.0 Å². The molecule has 0 aliphatic carbocycles. The second-order valence-corrected chi connectivity index (χ2v) is 6.37. The first-order valence-electron chi connectivity index (χ1n) is 6.09. The monoisotopic (exact) mass is 357 g/mol. The van der Waals surface area contributed by atoms with Crippen molar-refractivity contribution in [2.75, 3.05) is 0 Å². The molecule has 1 nitrogen and oxygen atoms in total. The molecular formula is C15H14BrF2NS. The number of rotatable bonds is 4. The lowest BCUT2D eigenvalue weighted by molar-refractivity contribution is 0.562. The number of nitrogens with two attached hydrogens (primary N) is 1. The van der Waals surface area contributed by atoms with Crippen LogP contribution >= 0.6 is 27.7 Å². The summed E-state index contributed by atoms with van der Waals surface area (Å²) in [6.07, 6.45) is 0. The summed E-state index contributed by atoms with van der Waals surface area (Å²) in [5.41, 5.74) is 6.89. The largest absolute Gasteiger partial charge is 0.324 e. The highest BCUT2D eigenvalue weighted by Gasteiger charge is 2.12. The Bertz CT molecular complexity index is 600. The van der Waals surface area contributed by atoms with Crippen molar-refractivity contribution in [3.05, 3.63) is 63.6 Å². The predicted octanol–water partition coefficient (Wildman–Crippen LogP) is 5.04. The fourth-order valence-electron chi connectivity index (χ4n) is 1.72. The molecule has 2 N–H and O–H groups in total. The molecule has 1 unspecified atom stereocenters. The molecule has 0 amide bonds. The molecule has 20 heavy (non-hydrogen) atoms. The maximum absolute atomic E-state index is 13.8. The average Bonchev–Trinajstić information content (AvgIpc) is 2.43. The van der Waals surface area contributed by atoms with Crippen molar-refractivity contribution in [1.29, 1.82) is 0 Å². The maximum Gasteiger partial charge on any atom is 0.144 e. The molecule has 0 aliphatic heterocycles. The Kier molecular flexibility index (Phi) is 5.18. The fraction of sp³-hybridized carbons (Fsp3) is 0.200. The molecule has 0 saturated heterocycles. The summed E-state index contributed by atoms with van der Waals surface area (Å²) in [4.78, 5) is 0.952. The summed E-state index contributed by atoms with van der Waals surface area (Å²) in [6, 6.07) is 10.3. The lowest BCUT2D eigenvalue weighted by Gasteiger charge is -2.08. The van der Waals surface area contributed by atoms with Gasteiger partial charge in [0.25, 0.3) is 0 Å². The van der Waals surface area contributed by atoms with Crippen LogP contribution in [0.15, 0.2) is 45.8 Å². The summed E-state index contributed by atoms with van der Waals surface area (Å²) in [6.45, 7) is 1.91. The number of hydrogen-bond acceptors (Lipinski definition) is 2. The van der Waals surface area contributed by atoms with E-state index in [1.807, 2.05) is 31.2 Å². The minimum absolute atomic E-state index is 0.0194. The molecule has 0 spiro atoms. The second kappa shape index (κ2) is 6.70. The van der Waals surface area contributed by atoms with Crippen LogP contribution in [0.4, 0.5) is 8.78 Å². The van der Waals surface area contributed by atoms with Crippen molar-refractivity contribution in [2.45, 2.75) is 23.6 Å². The predicted molar refractivity (Wildman–Crippen MR) is 82.7 cm³/mol. The van der Waals surface area contributed by atoms with Gasteiger partial charge in [0.2, 0.25) is 0 Å². The number of halogens is 3. The lowest BCUT2D eigenvalue weighted by atomic mass is 10.1. The van der Waals surface area contributed by atoms with Gasteiger partial charge in [-0.3, -0.25) is 0 Å². The first-order chi connectivity index (χ1) is 9.49. The van der Waals surface area contributed by atoms with Crippen LogP contribution < -0.4 is 5.73 Å². The van der Waals surface area contributed by atoms with E-state index in [9.17, 15) is 8.78 Å². The minimum Gasteiger partial charge on any atom is -0.324 e. The third-order valence-corrected chi connectivity index (χ3v) is 4.58. The van der Waals surface area contributed by atoms with E-state index in [0.29, 0.717) is 0 Å². The van der Waals surface area contributed by atoms with Crippen LogP contribution in [0.25, 0.3) is 0 Å². The highest BCUT2D eigenvalue weighted by Crippen LogP contribution is 2.29. The number of benzene rings is 2. The van der Waals surface area contributed by atoms with Gasteiger partial charge in [0, 0.05) is 22.3 Å². The fourth-order valence-corrected chi connectivity index (χ4v) is 3.00. The zero-order valence-electron chi connectivity index (χ0n) is 10.9. The number of thioether (sulfide) groups is 1. The molecule has 106 valence electrons. The van der Waals surface area contributed by atoms with E-state index in [1.54, 1.807) is 0 Å². The van der Waals surface area contributed by atoms with E-state index >= 15 is 0 Å². The zero-order valence-corrected chi connectivity index (χ0v) is 13.3. The Morgan fingerprint density at radius 3 is 2.40 bits per heavy atom. The van der Waals surface area contributed by atoms with E-state index < -0.39 is 11.6 Å². The molecular weight excluding hydrogens is 344 g/mol. The summed E-state index contributed by atoms with van der Waals surface area (Å²) < 4.78 is 27.7. The molecule has 0 radical (unpaired) electrons. The molecule has 5 heteroatoms. The van der Waals surface area contributed by atoms with Crippen LogP contribution in [0.1, 0.15) is 24.1 Å². The Morgan fingerprint density at radius 1 is 1.15 bits per heavy atom. The minimum atomic E-state index is -0.537. The molecule has 0 fully saturated rings. The van der Waals surface area contributed by atoms with Crippen LogP contribution in [0.2, 0.25) is 0 Å². The van der Waals surface area contributed by atoms with E-state index in [4.69, 9.17) is 5.73 Å². The average molecular weight is 358 g/mol. The van der Waals surface area contributed by atoms with E-state index in [0.717, 1.165) is 10.5 Å². The Morgan fingerprint density at radius 2 is 1.80 bits per heavy atom. The molecule has 1 atom stereocenters. The summed E-state index contributed by atoms with van der Waals surface area (Å²) >= 11 is 4.46. The Hall–Kier alpha value is -0.910. The maximum atomic E-state index is 13.8. The summed E-state index contributed by atoms with van der Waals surface area (Å²) in [5.74, 6) is -0.815. The molecule has 2 rings (SSSR count). The van der Waals surface area contributed by atoms with E-state index in [1.165, 1.54) is 23.9 Å². The van der Waals surface area contributed by atoms with Gasteiger partial charge in [0.1, 0.15) is 11.6 Å².